The lowest BCUT2D eigenvalue weighted by molar-refractivity contribution is 0.0378. The predicted octanol–water partition coefficient (Wildman–Crippen LogP) is 3.40. The molecular formula is C18H25N3OS. The zero-order chi connectivity index (χ0) is 16.1. The average Bonchev–Trinajstić information content (AvgIpc) is 2.59. The monoisotopic (exact) mass is 331 g/mol. The molecule has 0 radical (unpaired) electrons. The molecule has 4 nitrogen and oxygen atoms in total. The second kappa shape index (κ2) is 7.99. The van der Waals surface area contributed by atoms with Crippen LogP contribution in [-0.2, 0) is 4.74 Å². The lowest BCUT2D eigenvalue weighted by Crippen LogP contribution is -2.37. The van der Waals surface area contributed by atoms with Gasteiger partial charge in [0.05, 0.1) is 18.7 Å². The summed E-state index contributed by atoms with van der Waals surface area (Å²) in [4.78, 5) is 8.49. The van der Waals surface area contributed by atoms with Gasteiger partial charge in [-0.05, 0) is 56.0 Å². The van der Waals surface area contributed by atoms with Crippen LogP contribution < -0.4 is 5.32 Å². The molecule has 0 spiro atoms. The van der Waals surface area contributed by atoms with Crippen molar-refractivity contribution in [1.82, 2.24) is 9.88 Å². The maximum atomic E-state index is 5.38. The Balaban J connectivity index is 1.57. The van der Waals surface area contributed by atoms with E-state index in [9.17, 15) is 0 Å². The zero-order valence-corrected chi connectivity index (χ0v) is 14.8. The maximum absolute atomic E-state index is 5.38. The summed E-state index contributed by atoms with van der Waals surface area (Å²) in [5.41, 5.74) is 2.35. The number of hydrogen-bond donors (Lipinski definition) is 1. The minimum Gasteiger partial charge on any atom is -0.379 e. The standard InChI is InChI=1S/C18H25N3OS/c1-14-12-18(19-6-3-7-21-8-10-22-11-9-21)20-17-5-4-15(23-2)13-16(14)17/h4-5,12-13H,3,6-11H2,1-2H3,(H,19,20). The van der Waals surface area contributed by atoms with Crippen molar-refractivity contribution in [2.24, 2.45) is 0 Å². The zero-order valence-electron chi connectivity index (χ0n) is 14.0. The molecule has 0 aliphatic carbocycles. The first-order chi connectivity index (χ1) is 11.3. The molecule has 1 aromatic heterocycles. The van der Waals surface area contributed by atoms with Crippen molar-refractivity contribution < 1.29 is 4.74 Å². The van der Waals surface area contributed by atoms with E-state index in [0.717, 1.165) is 57.1 Å². The fourth-order valence-electron chi connectivity index (χ4n) is 2.93. The summed E-state index contributed by atoms with van der Waals surface area (Å²) in [5, 5.41) is 4.72. The number of rotatable bonds is 6. The third-order valence-corrected chi connectivity index (χ3v) is 5.01. The molecular weight excluding hydrogens is 306 g/mol. The molecule has 0 bridgehead atoms. The molecule has 0 amide bonds. The molecule has 2 aromatic rings. The predicted molar refractivity (Wildman–Crippen MR) is 98.6 cm³/mol. The van der Waals surface area contributed by atoms with Gasteiger partial charge < -0.3 is 10.1 Å². The van der Waals surface area contributed by atoms with Gasteiger partial charge in [0.2, 0.25) is 0 Å². The van der Waals surface area contributed by atoms with E-state index in [1.807, 2.05) is 0 Å². The number of anilines is 1. The van der Waals surface area contributed by atoms with Crippen molar-refractivity contribution in [1.29, 1.82) is 0 Å². The molecule has 2 heterocycles. The summed E-state index contributed by atoms with van der Waals surface area (Å²) in [6.07, 6.45) is 3.23. The van der Waals surface area contributed by atoms with E-state index in [2.05, 4.69) is 47.7 Å². The highest BCUT2D eigenvalue weighted by molar-refractivity contribution is 7.98. The maximum Gasteiger partial charge on any atom is 0.126 e. The van der Waals surface area contributed by atoms with Crippen LogP contribution in [0.3, 0.4) is 0 Å². The molecule has 124 valence electrons. The summed E-state index contributed by atoms with van der Waals surface area (Å²) in [6.45, 7) is 8.11. The Bertz CT molecular complexity index is 656. The van der Waals surface area contributed by atoms with Crippen LogP contribution in [-0.4, -0.2) is 55.5 Å². The number of morpholine rings is 1. The molecule has 1 aromatic carbocycles. The highest BCUT2D eigenvalue weighted by Crippen LogP contribution is 2.25. The summed E-state index contributed by atoms with van der Waals surface area (Å²) in [5.74, 6) is 0.980. The second-order valence-electron chi connectivity index (χ2n) is 5.94. The highest BCUT2D eigenvalue weighted by atomic mass is 32.2. The Labute approximate surface area is 142 Å². The van der Waals surface area contributed by atoms with Crippen molar-refractivity contribution in [2.75, 3.05) is 51.0 Å². The fraction of sp³-hybridized carbons (Fsp3) is 0.500. The van der Waals surface area contributed by atoms with Crippen LogP contribution in [0.1, 0.15) is 12.0 Å². The smallest absolute Gasteiger partial charge is 0.126 e. The third-order valence-electron chi connectivity index (χ3n) is 4.28. The largest absolute Gasteiger partial charge is 0.379 e. The van der Waals surface area contributed by atoms with E-state index in [4.69, 9.17) is 9.72 Å². The van der Waals surface area contributed by atoms with Gasteiger partial charge in [0.25, 0.3) is 0 Å². The molecule has 23 heavy (non-hydrogen) atoms. The molecule has 1 saturated heterocycles. The second-order valence-corrected chi connectivity index (χ2v) is 6.82. The number of ether oxygens (including phenoxy) is 1. The number of aryl methyl sites for hydroxylation is 1. The Hall–Kier alpha value is -1.30. The van der Waals surface area contributed by atoms with Gasteiger partial charge in [-0.15, -0.1) is 11.8 Å². The van der Waals surface area contributed by atoms with Crippen molar-refractivity contribution in [3.8, 4) is 0 Å². The fourth-order valence-corrected chi connectivity index (χ4v) is 3.37. The molecule has 1 fully saturated rings. The summed E-state index contributed by atoms with van der Waals surface area (Å²) >= 11 is 1.77. The Morgan fingerprint density at radius 1 is 1.26 bits per heavy atom. The van der Waals surface area contributed by atoms with Crippen LogP contribution in [0.15, 0.2) is 29.2 Å². The number of thioether (sulfide) groups is 1. The first-order valence-electron chi connectivity index (χ1n) is 8.25. The SMILES string of the molecule is CSc1ccc2nc(NCCCN3CCOCC3)cc(C)c2c1. The number of pyridine rings is 1. The molecule has 1 N–H and O–H groups in total. The van der Waals surface area contributed by atoms with Gasteiger partial charge >= 0.3 is 0 Å². The molecule has 5 heteroatoms. The number of aromatic nitrogens is 1. The van der Waals surface area contributed by atoms with Gasteiger partial charge in [-0.3, -0.25) is 4.90 Å². The Morgan fingerprint density at radius 2 is 2.09 bits per heavy atom. The lowest BCUT2D eigenvalue weighted by Gasteiger charge is -2.26. The third kappa shape index (κ3) is 4.37. The van der Waals surface area contributed by atoms with Crippen LogP contribution in [0.2, 0.25) is 0 Å². The van der Waals surface area contributed by atoms with Crippen molar-refractivity contribution in [3.63, 3.8) is 0 Å². The first kappa shape index (κ1) is 16.6. The van der Waals surface area contributed by atoms with Gasteiger partial charge in [0.15, 0.2) is 0 Å². The van der Waals surface area contributed by atoms with Crippen LogP contribution in [0.5, 0.6) is 0 Å². The number of nitrogens with zero attached hydrogens (tertiary/aromatic N) is 2. The van der Waals surface area contributed by atoms with E-state index < -0.39 is 0 Å². The van der Waals surface area contributed by atoms with Crippen molar-refractivity contribution >= 4 is 28.5 Å². The van der Waals surface area contributed by atoms with Crippen LogP contribution >= 0.6 is 11.8 Å². The summed E-state index contributed by atoms with van der Waals surface area (Å²) < 4.78 is 5.38. The average molecular weight is 331 g/mol. The summed E-state index contributed by atoms with van der Waals surface area (Å²) in [7, 11) is 0. The van der Waals surface area contributed by atoms with Gasteiger partial charge in [0, 0.05) is 29.9 Å². The Kier molecular flexibility index (Phi) is 5.75. The number of hydrogen-bond acceptors (Lipinski definition) is 5. The molecule has 3 rings (SSSR count). The first-order valence-corrected chi connectivity index (χ1v) is 9.48. The number of fused-ring (bicyclic) bond motifs is 1. The lowest BCUT2D eigenvalue weighted by atomic mass is 10.1. The highest BCUT2D eigenvalue weighted by Gasteiger charge is 2.09. The van der Waals surface area contributed by atoms with E-state index in [1.54, 1.807) is 11.8 Å². The minimum atomic E-state index is 0.872. The number of nitrogens with one attached hydrogen (secondary N) is 1. The Morgan fingerprint density at radius 3 is 2.87 bits per heavy atom. The van der Waals surface area contributed by atoms with E-state index in [1.165, 1.54) is 15.8 Å². The topological polar surface area (TPSA) is 37.4 Å². The van der Waals surface area contributed by atoms with Crippen LogP contribution in [0.25, 0.3) is 10.9 Å². The van der Waals surface area contributed by atoms with Crippen molar-refractivity contribution in [3.05, 3.63) is 29.8 Å². The van der Waals surface area contributed by atoms with Crippen LogP contribution in [0, 0.1) is 6.92 Å². The minimum absolute atomic E-state index is 0.872. The van der Waals surface area contributed by atoms with E-state index in [-0.39, 0.29) is 0 Å². The van der Waals surface area contributed by atoms with Gasteiger partial charge in [-0.1, -0.05) is 0 Å². The summed E-state index contributed by atoms with van der Waals surface area (Å²) in [6, 6.07) is 8.64. The van der Waals surface area contributed by atoms with Crippen molar-refractivity contribution in [2.45, 2.75) is 18.2 Å². The molecule has 0 saturated carbocycles. The molecule has 1 aliphatic heterocycles. The molecule has 1 aliphatic rings. The van der Waals surface area contributed by atoms with Gasteiger partial charge in [0.1, 0.15) is 5.82 Å². The molecule has 0 atom stereocenters. The number of benzene rings is 1. The molecule has 0 unspecified atom stereocenters. The normalized spacial score (nSPS) is 15.9. The van der Waals surface area contributed by atoms with E-state index >= 15 is 0 Å². The van der Waals surface area contributed by atoms with Gasteiger partial charge in [-0.2, -0.15) is 0 Å². The van der Waals surface area contributed by atoms with Gasteiger partial charge in [-0.25, -0.2) is 4.98 Å². The quantitative estimate of drug-likeness (QED) is 0.649. The van der Waals surface area contributed by atoms with E-state index in [0.29, 0.717) is 0 Å². The van der Waals surface area contributed by atoms with Crippen LogP contribution in [0.4, 0.5) is 5.82 Å².